The summed E-state index contributed by atoms with van der Waals surface area (Å²) in [6.07, 6.45) is 5.20. The van der Waals surface area contributed by atoms with Gasteiger partial charge in [0, 0.05) is 37.5 Å². The van der Waals surface area contributed by atoms with E-state index in [1.54, 1.807) is 6.07 Å². The van der Waals surface area contributed by atoms with Crippen molar-refractivity contribution in [2.45, 2.75) is 38.0 Å². The highest BCUT2D eigenvalue weighted by Crippen LogP contribution is 2.38. The molecule has 2 heterocycles. The summed E-state index contributed by atoms with van der Waals surface area (Å²) in [4.78, 5) is 18.9. The Hall–Kier alpha value is -2.08. The third kappa shape index (κ3) is 3.79. The average Bonchev–Trinajstić information content (AvgIpc) is 3.12. The number of halogens is 1. The number of benzene rings is 1. The van der Waals surface area contributed by atoms with Crippen LogP contribution in [0.15, 0.2) is 22.7 Å². The van der Waals surface area contributed by atoms with E-state index in [1.165, 1.54) is 12.8 Å². The monoisotopic (exact) mass is 360 g/mol. The Morgan fingerprint density at radius 3 is 2.84 bits per heavy atom. The highest BCUT2D eigenvalue weighted by Gasteiger charge is 2.29. The third-order valence-corrected chi connectivity index (χ3v) is 5.00. The fourth-order valence-corrected chi connectivity index (χ4v) is 3.42. The minimum Gasteiger partial charge on any atom is -0.370 e. The molecule has 1 saturated heterocycles. The van der Waals surface area contributed by atoms with Gasteiger partial charge in [-0.2, -0.15) is 4.98 Å². The van der Waals surface area contributed by atoms with Crippen LogP contribution in [0.25, 0.3) is 0 Å². The van der Waals surface area contributed by atoms with Crippen molar-refractivity contribution >= 4 is 23.2 Å². The van der Waals surface area contributed by atoms with Gasteiger partial charge >= 0.3 is 0 Å². The Morgan fingerprint density at radius 1 is 1.32 bits per heavy atom. The summed E-state index contributed by atoms with van der Waals surface area (Å²) in [6, 6.07) is 5.50. The van der Waals surface area contributed by atoms with E-state index in [1.807, 2.05) is 12.1 Å². The van der Waals surface area contributed by atoms with Crippen LogP contribution in [0.3, 0.4) is 0 Å². The summed E-state index contributed by atoms with van der Waals surface area (Å²) in [6.45, 7) is 2.52. The molecule has 0 spiro atoms. The van der Waals surface area contributed by atoms with E-state index in [4.69, 9.17) is 16.1 Å². The topological polar surface area (TPSA) is 71.3 Å². The van der Waals surface area contributed by atoms with Crippen molar-refractivity contribution in [2.75, 3.05) is 24.5 Å². The number of carbonyl (C=O) groups is 1. The minimum atomic E-state index is -0.138. The number of anilines is 1. The van der Waals surface area contributed by atoms with Gasteiger partial charge < -0.3 is 14.7 Å². The summed E-state index contributed by atoms with van der Waals surface area (Å²) >= 11 is 6.37. The molecule has 1 N–H and O–H groups in total. The van der Waals surface area contributed by atoms with Gasteiger partial charge in [-0.3, -0.25) is 4.79 Å². The maximum absolute atomic E-state index is 12.3. The number of nitrogens with zero attached hydrogens (tertiary/aromatic N) is 3. The maximum Gasteiger partial charge on any atom is 0.251 e. The molecule has 4 rings (SSSR count). The molecule has 2 aromatic rings. The predicted octanol–water partition coefficient (Wildman–Crippen LogP) is 3.17. The van der Waals surface area contributed by atoms with Crippen LogP contribution < -0.4 is 10.2 Å². The predicted molar refractivity (Wildman–Crippen MR) is 95.2 cm³/mol. The summed E-state index contributed by atoms with van der Waals surface area (Å²) in [5.41, 5.74) is 1.58. The van der Waals surface area contributed by atoms with Gasteiger partial charge in [-0.1, -0.05) is 16.8 Å². The van der Waals surface area contributed by atoms with Crippen molar-refractivity contribution < 1.29 is 9.32 Å². The summed E-state index contributed by atoms with van der Waals surface area (Å²) < 4.78 is 5.21. The second-order valence-corrected chi connectivity index (χ2v) is 7.10. The van der Waals surface area contributed by atoms with E-state index in [2.05, 4.69) is 20.4 Å². The number of nitrogens with one attached hydrogen (secondary N) is 1. The lowest BCUT2D eigenvalue weighted by Crippen LogP contribution is -2.26. The van der Waals surface area contributed by atoms with Gasteiger partial charge in [-0.25, -0.2) is 0 Å². The van der Waals surface area contributed by atoms with Crippen molar-refractivity contribution in [3.63, 3.8) is 0 Å². The lowest BCUT2D eigenvalue weighted by molar-refractivity contribution is 0.0954. The number of aromatic nitrogens is 2. The molecule has 1 aliphatic carbocycles. The van der Waals surface area contributed by atoms with Gasteiger partial charge in [0.15, 0.2) is 5.82 Å². The molecule has 0 radical (unpaired) electrons. The van der Waals surface area contributed by atoms with Crippen LogP contribution in [-0.4, -0.2) is 35.7 Å². The highest BCUT2D eigenvalue weighted by atomic mass is 35.5. The van der Waals surface area contributed by atoms with Gasteiger partial charge in [0.05, 0.1) is 10.7 Å². The van der Waals surface area contributed by atoms with Crippen LogP contribution in [-0.2, 0) is 6.42 Å². The summed E-state index contributed by atoms with van der Waals surface area (Å²) in [5.74, 6) is 1.68. The zero-order valence-corrected chi connectivity index (χ0v) is 14.8. The van der Waals surface area contributed by atoms with E-state index >= 15 is 0 Å². The van der Waals surface area contributed by atoms with Gasteiger partial charge in [-0.05, 0) is 43.9 Å². The second kappa shape index (κ2) is 7.04. The van der Waals surface area contributed by atoms with Gasteiger partial charge in [0.2, 0.25) is 5.89 Å². The number of carbonyl (C=O) groups excluding carboxylic acids is 1. The van der Waals surface area contributed by atoms with Crippen LogP contribution >= 0.6 is 11.6 Å². The minimum absolute atomic E-state index is 0.138. The lowest BCUT2D eigenvalue weighted by atomic mass is 10.2. The number of hydrogen-bond acceptors (Lipinski definition) is 5. The fourth-order valence-electron chi connectivity index (χ4n) is 3.12. The van der Waals surface area contributed by atoms with Crippen molar-refractivity contribution in [3.8, 4) is 0 Å². The average molecular weight is 361 g/mol. The van der Waals surface area contributed by atoms with Crippen molar-refractivity contribution in [1.82, 2.24) is 15.5 Å². The van der Waals surface area contributed by atoms with Crippen LogP contribution in [0, 0.1) is 0 Å². The van der Waals surface area contributed by atoms with E-state index in [9.17, 15) is 4.79 Å². The van der Waals surface area contributed by atoms with E-state index in [0.29, 0.717) is 35.3 Å². The Morgan fingerprint density at radius 2 is 2.12 bits per heavy atom. The molecule has 25 heavy (non-hydrogen) atoms. The van der Waals surface area contributed by atoms with Crippen molar-refractivity contribution in [3.05, 3.63) is 40.5 Å². The molecule has 6 nitrogen and oxygen atoms in total. The van der Waals surface area contributed by atoms with Gasteiger partial charge in [0.1, 0.15) is 0 Å². The molecule has 2 fully saturated rings. The molecule has 0 bridgehead atoms. The quantitative estimate of drug-likeness (QED) is 0.856. The molecular formula is C18H21ClN4O2. The lowest BCUT2D eigenvalue weighted by Gasteiger charge is -2.19. The number of hydrogen-bond donors (Lipinski definition) is 1. The molecular weight excluding hydrogens is 340 g/mol. The first-order valence-corrected chi connectivity index (χ1v) is 9.23. The van der Waals surface area contributed by atoms with Crippen LogP contribution in [0.4, 0.5) is 5.69 Å². The third-order valence-electron chi connectivity index (χ3n) is 4.70. The molecule has 1 aliphatic heterocycles. The Bertz CT molecular complexity index is 766. The van der Waals surface area contributed by atoms with E-state index in [0.717, 1.165) is 37.5 Å². The maximum atomic E-state index is 12.3. The fraction of sp³-hybridized carbons (Fsp3) is 0.500. The summed E-state index contributed by atoms with van der Waals surface area (Å²) in [5, 5.41) is 7.46. The molecule has 7 heteroatoms. The van der Waals surface area contributed by atoms with E-state index in [-0.39, 0.29) is 5.91 Å². The first-order valence-electron chi connectivity index (χ1n) is 8.86. The molecule has 0 atom stereocenters. The molecule has 1 amide bonds. The normalized spacial score (nSPS) is 17.1. The van der Waals surface area contributed by atoms with Gasteiger partial charge in [-0.15, -0.1) is 0 Å². The van der Waals surface area contributed by atoms with Gasteiger partial charge in [0.25, 0.3) is 5.91 Å². The molecule has 0 unspecified atom stereocenters. The molecule has 2 aliphatic rings. The van der Waals surface area contributed by atoms with E-state index < -0.39 is 0 Å². The molecule has 1 aromatic heterocycles. The first kappa shape index (κ1) is 16.4. The number of amides is 1. The Kier molecular flexibility index (Phi) is 4.61. The SMILES string of the molecule is O=C(NCCc1noc(C2CC2)n1)c1ccc(N2CCCC2)c(Cl)c1. The second-order valence-electron chi connectivity index (χ2n) is 6.69. The zero-order chi connectivity index (χ0) is 17.2. The number of rotatable bonds is 6. The Balaban J connectivity index is 1.31. The Labute approximate surface area is 151 Å². The van der Waals surface area contributed by atoms with Crippen LogP contribution in [0.2, 0.25) is 5.02 Å². The van der Waals surface area contributed by atoms with Crippen molar-refractivity contribution in [1.29, 1.82) is 0 Å². The summed E-state index contributed by atoms with van der Waals surface area (Å²) in [7, 11) is 0. The standard InChI is InChI=1S/C18H21ClN4O2/c19-14-11-13(5-6-15(14)23-9-1-2-10-23)17(24)20-8-7-16-21-18(25-22-16)12-3-4-12/h5-6,11-12H,1-4,7-10H2,(H,20,24). The van der Waals surface area contributed by atoms with Crippen molar-refractivity contribution in [2.24, 2.45) is 0 Å². The zero-order valence-electron chi connectivity index (χ0n) is 14.0. The van der Waals surface area contributed by atoms with Crippen LogP contribution in [0.1, 0.15) is 53.7 Å². The van der Waals surface area contributed by atoms with Crippen LogP contribution in [0.5, 0.6) is 0 Å². The first-order chi connectivity index (χ1) is 12.2. The smallest absolute Gasteiger partial charge is 0.251 e. The molecule has 132 valence electrons. The molecule has 1 aromatic carbocycles. The largest absolute Gasteiger partial charge is 0.370 e. The highest BCUT2D eigenvalue weighted by molar-refractivity contribution is 6.33. The molecule has 1 saturated carbocycles.